The number of nitrogens with zero attached hydrogens (tertiary/aromatic N) is 3. The van der Waals surface area contributed by atoms with Crippen molar-refractivity contribution in [1.29, 1.82) is 0 Å². The van der Waals surface area contributed by atoms with E-state index in [0.29, 0.717) is 45.9 Å². The average Bonchev–Trinajstić information content (AvgIpc) is 2.67. The van der Waals surface area contributed by atoms with Gasteiger partial charge >= 0.3 is 0 Å². The highest BCUT2D eigenvalue weighted by molar-refractivity contribution is 5.75. The van der Waals surface area contributed by atoms with Crippen LogP contribution in [0.3, 0.4) is 0 Å². The van der Waals surface area contributed by atoms with Gasteiger partial charge in [0, 0.05) is 24.4 Å². The van der Waals surface area contributed by atoms with Crippen LogP contribution in [0.1, 0.15) is 84.0 Å². The molecule has 0 fully saturated rings. The smallest absolute Gasteiger partial charge is 0.220 e. The molecule has 0 aliphatic heterocycles. The normalized spacial score (nSPS) is 10.6. The molecule has 1 N–H and O–H groups in total. The molecule has 0 bridgehead atoms. The number of hydrogen-bond donors (Lipinski definition) is 1. The number of amides is 1. The number of nitrogens with one attached hydrogen (secondary N) is 1. The van der Waals surface area contributed by atoms with Crippen LogP contribution in [-0.2, 0) is 14.3 Å². The molecule has 0 radical (unpaired) electrons. The number of azide groups is 1. The summed E-state index contributed by atoms with van der Waals surface area (Å²) in [6.45, 7) is 4.97. The van der Waals surface area contributed by atoms with Crippen LogP contribution in [0.2, 0.25) is 0 Å². The highest BCUT2D eigenvalue weighted by Gasteiger charge is 2.00. The van der Waals surface area contributed by atoms with Crippen molar-refractivity contribution in [3.63, 3.8) is 0 Å². The highest BCUT2D eigenvalue weighted by Crippen LogP contribution is 2.11. The number of carbonyl (C=O) groups excluding carboxylic acids is 1. The van der Waals surface area contributed by atoms with Gasteiger partial charge in [0.2, 0.25) is 5.91 Å². The molecule has 0 aliphatic rings. The van der Waals surface area contributed by atoms with Crippen molar-refractivity contribution in [2.75, 3.05) is 39.5 Å². The number of rotatable bonds is 21. The molecule has 158 valence electrons. The van der Waals surface area contributed by atoms with Crippen LogP contribution in [0.4, 0.5) is 0 Å². The van der Waals surface area contributed by atoms with Crippen molar-refractivity contribution in [1.82, 2.24) is 5.32 Å². The van der Waals surface area contributed by atoms with E-state index in [0.717, 1.165) is 12.8 Å². The molecule has 0 aliphatic carbocycles. The minimum Gasteiger partial charge on any atom is -0.379 e. The Kier molecular flexibility index (Phi) is 21.6. The third kappa shape index (κ3) is 22.7. The zero-order valence-electron chi connectivity index (χ0n) is 17.3. The van der Waals surface area contributed by atoms with Crippen molar-refractivity contribution in [2.24, 2.45) is 5.11 Å². The Bertz CT molecular complexity index is 374. The first-order chi connectivity index (χ1) is 13.3. The topological polar surface area (TPSA) is 96.3 Å². The van der Waals surface area contributed by atoms with Crippen LogP contribution < -0.4 is 5.32 Å². The van der Waals surface area contributed by atoms with E-state index in [9.17, 15) is 4.79 Å². The van der Waals surface area contributed by atoms with E-state index in [1.807, 2.05) is 0 Å². The molecule has 1 amide bonds. The zero-order chi connectivity index (χ0) is 19.8. The van der Waals surface area contributed by atoms with Crippen molar-refractivity contribution < 1.29 is 14.3 Å². The van der Waals surface area contributed by atoms with Gasteiger partial charge in [0.25, 0.3) is 0 Å². The average molecular weight is 385 g/mol. The van der Waals surface area contributed by atoms with Gasteiger partial charge in [-0.05, 0) is 12.0 Å². The zero-order valence-corrected chi connectivity index (χ0v) is 17.3. The van der Waals surface area contributed by atoms with Gasteiger partial charge in [-0.15, -0.1) is 0 Å². The van der Waals surface area contributed by atoms with Crippen LogP contribution in [0.25, 0.3) is 10.4 Å². The molecule has 0 aromatic heterocycles. The molecule has 0 atom stereocenters. The summed E-state index contributed by atoms with van der Waals surface area (Å²) in [5.74, 6) is 0.111. The molecule has 7 nitrogen and oxygen atoms in total. The van der Waals surface area contributed by atoms with Crippen LogP contribution in [0, 0.1) is 0 Å². The Balaban J connectivity index is 3.16. The van der Waals surface area contributed by atoms with E-state index in [-0.39, 0.29) is 5.91 Å². The first kappa shape index (κ1) is 25.7. The minimum absolute atomic E-state index is 0.111. The van der Waals surface area contributed by atoms with E-state index < -0.39 is 0 Å². The Morgan fingerprint density at radius 3 is 2.00 bits per heavy atom. The Morgan fingerprint density at radius 1 is 0.852 bits per heavy atom. The summed E-state index contributed by atoms with van der Waals surface area (Å²) < 4.78 is 10.6. The fourth-order valence-electron chi connectivity index (χ4n) is 2.77. The number of ether oxygens (including phenoxy) is 2. The maximum atomic E-state index is 11.7. The predicted molar refractivity (Wildman–Crippen MR) is 110 cm³/mol. The molecule has 0 heterocycles. The van der Waals surface area contributed by atoms with Crippen LogP contribution in [0.15, 0.2) is 5.11 Å². The molecule has 0 spiro atoms. The molecule has 0 aromatic carbocycles. The number of unbranched alkanes of at least 4 members (excludes halogenated alkanes) is 10. The maximum absolute atomic E-state index is 11.7. The summed E-state index contributed by atoms with van der Waals surface area (Å²) in [6.07, 6.45) is 14.8. The first-order valence-corrected chi connectivity index (χ1v) is 10.7. The lowest BCUT2D eigenvalue weighted by Crippen LogP contribution is -2.27. The van der Waals surface area contributed by atoms with Crippen molar-refractivity contribution in [2.45, 2.75) is 84.0 Å². The van der Waals surface area contributed by atoms with E-state index in [4.69, 9.17) is 15.0 Å². The standard InChI is InChI=1S/C20H40N4O3/c1-2-3-4-5-6-7-8-9-10-11-12-13-20(25)22-14-16-26-18-19-27-17-15-23-24-21/h2-19H2,1H3,(H,22,25). The lowest BCUT2D eigenvalue weighted by molar-refractivity contribution is -0.121. The van der Waals surface area contributed by atoms with Gasteiger partial charge in [-0.25, -0.2) is 0 Å². The van der Waals surface area contributed by atoms with Crippen molar-refractivity contribution >= 4 is 5.91 Å². The third-order valence-corrected chi connectivity index (χ3v) is 4.35. The SMILES string of the molecule is CCCCCCCCCCCCCC(=O)NCCOCCOCCN=[N+]=[N-]. The van der Waals surface area contributed by atoms with Gasteiger partial charge in [-0.2, -0.15) is 0 Å². The van der Waals surface area contributed by atoms with Crippen LogP contribution in [0.5, 0.6) is 0 Å². The monoisotopic (exact) mass is 384 g/mol. The van der Waals surface area contributed by atoms with Gasteiger partial charge in [-0.1, -0.05) is 76.2 Å². The molecule has 0 rings (SSSR count). The lowest BCUT2D eigenvalue weighted by Gasteiger charge is -2.07. The molecule has 0 saturated carbocycles. The highest BCUT2D eigenvalue weighted by atomic mass is 16.5. The fourth-order valence-corrected chi connectivity index (χ4v) is 2.77. The summed E-state index contributed by atoms with van der Waals surface area (Å²) in [5.41, 5.74) is 8.10. The first-order valence-electron chi connectivity index (χ1n) is 10.7. The second kappa shape index (κ2) is 22.7. The van der Waals surface area contributed by atoms with Crippen molar-refractivity contribution in [3.8, 4) is 0 Å². The van der Waals surface area contributed by atoms with Gasteiger partial charge in [0.15, 0.2) is 0 Å². The molecule has 7 heteroatoms. The molecule has 27 heavy (non-hydrogen) atoms. The molecule has 0 saturated heterocycles. The van der Waals surface area contributed by atoms with Gasteiger partial charge < -0.3 is 14.8 Å². The number of hydrogen-bond acceptors (Lipinski definition) is 4. The fraction of sp³-hybridized carbons (Fsp3) is 0.950. The summed E-state index contributed by atoms with van der Waals surface area (Å²) in [5, 5.41) is 6.24. The van der Waals surface area contributed by atoms with Crippen LogP contribution >= 0.6 is 0 Å². The summed E-state index contributed by atoms with van der Waals surface area (Å²) in [4.78, 5) is 14.3. The van der Waals surface area contributed by atoms with E-state index in [1.165, 1.54) is 57.8 Å². The Morgan fingerprint density at radius 2 is 1.41 bits per heavy atom. The predicted octanol–water partition coefficient (Wildman–Crippen LogP) is 5.15. The summed E-state index contributed by atoms with van der Waals surface area (Å²) in [6, 6.07) is 0. The van der Waals surface area contributed by atoms with E-state index in [2.05, 4.69) is 22.3 Å². The molecular formula is C20H40N4O3. The lowest BCUT2D eigenvalue weighted by atomic mass is 10.1. The molecule has 0 aromatic rings. The van der Waals surface area contributed by atoms with Gasteiger partial charge in [-0.3, -0.25) is 4.79 Å². The largest absolute Gasteiger partial charge is 0.379 e. The Labute approximate surface area is 165 Å². The Hall–Kier alpha value is -1.30. The minimum atomic E-state index is 0.111. The van der Waals surface area contributed by atoms with E-state index in [1.54, 1.807) is 0 Å². The summed E-state index contributed by atoms with van der Waals surface area (Å²) in [7, 11) is 0. The van der Waals surface area contributed by atoms with Crippen LogP contribution in [-0.4, -0.2) is 45.4 Å². The summed E-state index contributed by atoms with van der Waals surface area (Å²) >= 11 is 0. The van der Waals surface area contributed by atoms with Gasteiger partial charge in [0.1, 0.15) is 0 Å². The van der Waals surface area contributed by atoms with Gasteiger partial charge in [0.05, 0.1) is 26.4 Å². The molecule has 0 unspecified atom stereocenters. The number of carbonyl (C=O) groups is 1. The second-order valence-corrected chi connectivity index (χ2v) is 6.81. The quantitative estimate of drug-likeness (QED) is 0.128. The second-order valence-electron chi connectivity index (χ2n) is 6.81. The maximum Gasteiger partial charge on any atom is 0.220 e. The molecular weight excluding hydrogens is 344 g/mol. The van der Waals surface area contributed by atoms with Crippen molar-refractivity contribution in [3.05, 3.63) is 10.4 Å². The third-order valence-electron chi connectivity index (χ3n) is 4.35. The van der Waals surface area contributed by atoms with E-state index >= 15 is 0 Å².